The second-order valence-electron chi connectivity index (χ2n) is 11.2. The number of hydrogen-bond donors (Lipinski definition) is 3. The Kier molecular flexibility index (Phi) is 10.2. The van der Waals surface area contributed by atoms with Gasteiger partial charge < -0.3 is 15.0 Å². The number of rotatable bonds is 11. The van der Waals surface area contributed by atoms with Crippen LogP contribution in [0.1, 0.15) is 95.7 Å². The number of aromatic amines is 1. The molecule has 1 aromatic heterocycles. The van der Waals surface area contributed by atoms with Crippen molar-refractivity contribution in [1.82, 2.24) is 15.4 Å². The van der Waals surface area contributed by atoms with Gasteiger partial charge in [-0.3, -0.25) is 14.4 Å². The maximum absolute atomic E-state index is 13.0. The number of para-hydroxylation sites is 1. The minimum atomic E-state index is -0.975. The molecule has 212 valence electrons. The molecule has 0 fully saturated rings. The van der Waals surface area contributed by atoms with Crippen LogP contribution in [0.3, 0.4) is 0 Å². The van der Waals surface area contributed by atoms with E-state index in [1.54, 1.807) is 0 Å². The normalized spacial score (nSPS) is 19.9. The van der Waals surface area contributed by atoms with Gasteiger partial charge in [0, 0.05) is 53.9 Å². The molecule has 1 aromatic carbocycles. The van der Waals surface area contributed by atoms with Crippen molar-refractivity contribution < 1.29 is 24.3 Å². The van der Waals surface area contributed by atoms with Crippen LogP contribution in [-0.4, -0.2) is 45.4 Å². The van der Waals surface area contributed by atoms with Gasteiger partial charge in [-0.1, -0.05) is 55.0 Å². The number of aliphatic carboxylic acids is 1. The summed E-state index contributed by atoms with van der Waals surface area (Å²) in [6.07, 6.45) is 10.0. The molecule has 8 heteroatoms. The third-order valence-electron chi connectivity index (χ3n) is 8.51. The molecule has 39 heavy (non-hydrogen) atoms. The molecule has 0 saturated carbocycles. The maximum Gasteiger partial charge on any atom is 0.326 e. The molecule has 1 aliphatic carbocycles. The van der Waals surface area contributed by atoms with Gasteiger partial charge in [-0.05, 0) is 52.0 Å². The average molecular weight is 538 g/mol. The van der Waals surface area contributed by atoms with E-state index in [0.717, 1.165) is 54.3 Å². The third-order valence-corrected chi connectivity index (χ3v) is 8.51. The SMILES string of the molecule is CC1=C(C)C(CONC(=O)CCCCCCC(=O)N2Cc3c([nH]c4ccccc34)C[C@@H]2C(=O)O)CCCCC1. The number of aromatic nitrogens is 1. The molecule has 8 nitrogen and oxygen atoms in total. The van der Waals surface area contributed by atoms with Gasteiger partial charge in [0.15, 0.2) is 0 Å². The fourth-order valence-electron chi connectivity index (χ4n) is 5.94. The molecular weight excluding hydrogens is 494 g/mol. The number of benzene rings is 1. The lowest BCUT2D eigenvalue weighted by molar-refractivity contribution is -0.151. The number of carbonyl (C=O) groups is 3. The molecule has 0 saturated heterocycles. The van der Waals surface area contributed by atoms with Crippen molar-refractivity contribution >= 4 is 28.7 Å². The quantitative estimate of drug-likeness (QED) is 0.190. The minimum absolute atomic E-state index is 0.109. The lowest BCUT2D eigenvalue weighted by atomic mass is 9.87. The van der Waals surface area contributed by atoms with Crippen LogP contribution in [0.4, 0.5) is 0 Å². The molecule has 0 radical (unpaired) electrons. The van der Waals surface area contributed by atoms with E-state index in [1.165, 1.54) is 35.3 Å². The first-order valence-electron chi connectivity index (χ1n) is 14.5. The van der Waals surface area contributed by atoms with Crippen LogP contribution in [0.25, 0.3) is 10.9 Å². The minimum Gasteiger partial charge on any atom is -0.480 e. The highest BCUT2D eigenvalue weighted by molar-refractivity contribution is 5.89. The number of H-pyrrole nitrogens is 1. The van der Waals surface area contributed by atoms with Crippen LogP contribution in [0, 0.1) is 5.92 Å². The van der Waals surface area contributed by atoms with E-state index >= 15 is 0 Å². The topological polar surface area (TPSA) is 112 Å². The summed E-state index contributed by atoms with van der Waals surface area (Å²) in [5.41, 5.74) is 8.35. The van der Waals surface area contributed by atoms with Gasteiger partial charge in [0.25, 0.3) is 0 Å². The zero-order valence-corrected chi connectivity index (χ0v) is 23.4. The van der Waals surface area contributed by atoms with Crippen molar-refractivity contribution in [1.29, 1.82) is 0 Å². The molecule has 4 rings (SSSR count). The van der Waals surface area contributed by atoms with Crippen molar-refractivity contribution in [3.63, 3.8) is 0 Å². The number of amides is 2. The van der Waals surface area contributed by atoms with E-state index in [0.29, 0.717) is 44.8 Å². The number of nitrogens with zero attached hydrogens (tertiary/aromatic N) is 1. The van der Waals surface area contributed by atoms with Gasteiger partial charge >= 0.3 is 5.97 Å². The Labute approximate surface area is 231 Å². The Morgan fingerprint density at radius 2 is 1.82 bits per heavy atom. The standard InChI is InChI=1S/C31H43N3O5/c1-21-12-6-5-7-13-23(22(21)2)20-39-33-29(35)16-8-3-4-9-17-30(36)34-19-25-24-14-10-11-15-26(24)32-27(25)18-28(34)31(37)38/h10-11,14-15,23,28,32H,3-9,12-13,16-20H2,1-2H3,(H,33,35)(H,37,38)/t23?,28-/m1/s1. The molecule has 0 bridgehead atoms. The Morgan fingerprint density at radius 1 is 1.05 bits per heavy atom. The molecule has 2 amide bonds. The van der Waals surface area contributed by atoms with Crippen LogP contribution in [-0.2, 0) is 32.2 Å². The van der Waals surface area contributed by atoms with Crippen LogP contribution in [0.2, 0.25) is 0 Å². The smallest absolute Gasteiger partial charge is 0.326 e. The zero-order chi connectivity index (χ0) is 27.8. The predicted octanol–water partition coefficient (Wildman–Crippen LogP) is 5.81. The summed E-state index contributed by atoms with van der Waals surface area (Å²) < 4.78 is 0. The molecule has 2 aliphatic rings. The highest BCUT2D eigenvalue weighted by atomic mass is 16.6. The molecule has 1 unspecified atom stereocenters. The highest BCUT2D eigenvalue weighted by Crippen LogP contribution is 2.31. The van der Waals surface area contributed by atoms with Crippen molar-refractivity contribution in [2.45, 2.75) is 103 Å². The lowest BCUT2D eigenvalue weighted by Crippen LogP contribution is -2.48. The Morgan fingerprint density at radius 3 is 2.62 bits per heavy atom. The van der Waals surface area contributed by atoms with E-state index in [9.17, 15) is 19.5 Å². The Balaban J connectivity index is 1.15. The maximum atomic E-state index is 13.0. The lowest BCUT2D eigenvalue weighted by Gasteiger charge is -2.33. The average Bonchev–Trinajstić information content (AvgIpc) is 3.29. The number of carboxylic acids is 1. The second-order valence-corrected chi connectivity index (χ2v) is 11.2. The van der Waals surface area contributed by atoms with Crippen LogP contribution >= 0.6 is 0 Å². The second kappa shape index (κ2) is 13.8. The number of fused-ring (bicyclic) bond motifs is 3. The zero-order valence-electron chi connectivity index (χ0n) is 23.4. The van der Waals surface area contributed by atoms with Crippen molar-refractivity contribution in [3.05, 3.63) is 46.7 Å². The molecule has 2 atom stereocenters. The number of carboxylic acid groups (broad SMARTS) is 1. The molecule has 3 N–H and O–H groups in total. The summed E-state index contributed by atoms with van der Waals surface area (Å²) in [6.45, 7) is 5.22. The summed E-state index contributed by atoms with van der Waals surface area (Å²) >= 11 is 0. The summed E-state index contributed by atoms with van der Waals surface area (Å²) in [5, 5.41) is 10.8. The van der Waals surface area contributed by atoms with Gasteiger partial charge in [0.2, 0.25) is 11.8 Å². The van der Waals surface area contributed by atoms with Gasteiger partial charge in [0.05, 0.1) is 6.61 Å². The van der Waals surface area contributed by atoms with Crippen LogP contribution < -0.4 is 5.48 Å². The molecule has 2 aromatic rings. The van der Waals surface area contributed by atoms with Crippen LogP contribution in [0.15, 0.2) is 35.4 Å². The van der Waals surface area contributed by atoms with Crippen LogP contribution in [0.5, 0.6) is 0 Å². The van der Waals surface area contributed by atoms with E-state index in [4.69, 9.17) is 4.84 Å². The molecule has 2 heterocycles. The highest BCUT2D eigenvalue weighted by Gasteiger charge is 2.36. The summed E-state index contributed by atoms with van der Waals surface area (Å²) in [7, 11) is 0. The first-order chi connectivity index (χ1) is 18.8. The van der Waals surface area contributed by atoms with Crippen molar-refractivity contribution in [3.8, 4) is 0 Å². The van der Waals surface area contributed by atoms with Gasteiger partial charge in [-0.25, -0.2) is 10.3 Å². The Bertz CT molecular complexity index is 1200. The monoisotopic (exact) mass is 537 g/mol. The van der Waals surface area contributed by atoms with Gasteiger partial charge in [-0.15, -0.1) is 0 Å². The number of nitrogens with one attached hydrogen (secondary N) is 2. The third kappa shape index (κ3) is 7.50. The van der Waals surface area contributed by atoms with Crippen molar-refractivity contribution in [2.24, 2.45) is 5.92 Å². The van der Waals surface area contributed by atoms with E-state index in [1.807, 2.05) is 24.3 Å². The fraction of sp³-hybridized carbons (Fsp3) is 0.581. The largest absolute Gasteiger partial charge is 0.480 e. The van der Waals surface area contributed by atoms with Crippen molar-refractivity contribution in [2.75, 3.05) is 6.61 Å². The first-order valence-corrected chi connectivity index (χ1v) is 14.5. The summed E-state index contributed by atoms with van der Waals surface area (Å²) in [5.74, 6) is -0.844. The molecule has 1 aliphatic heterocycles. The fourth-order valence-corrected chi connectivity index (χ4v) is 5.94. The number of hydrogen-bond acceptors (Lipinski definition) is 4. The number of unbranched alkanes of at least 4 members (excludes halogenated alkanes) is 3. The number of carbonyl (C=O) groups excluding carboxylic acids is 2. The van der Waals surface area contributed by atoms with E-state index < -0.39 is 12.0 Å². The first kappa shape index (κ1) is 28.9. The Hall–Kier alpha value is -3.13. The van der Waals surface area contributed by atoms with E-state index in [2.05, 4.69) is 24.3 Å². The predicted molar refractivity (Wildman–Crippen MR) is 151 cm³/mol. The molecule has 0 spiro atoms. The number of hydroxylamine groups is 1. The summed E-state index contributed by atoms with van der Waals surface area (Å²) in [6, 6.07) is 7.02. The van der Waals surface area contributed by atoms with Gasteiger partial charge in [-0.2, -0.15) is 0 Å². The van der Waals surface area contributed by atoms with E-state index in [-0.39, 0.29) is 11.8 Å². The number of allylic oxidation sites excluding steroid dienone is 1. The van der Waals surface area contributed by atoms with Gasteiger partial charge in [0.1, 0.15) is 6.04 Å². The molecular formula is C31H43N3O5. The summed E-state index contributed by atoms with van der Waals surface area (Å²) in [4.78, 5) is 47.6.